The molecule has 2 aromatic rings. The molecule has 0 atom stereocenters. The molecule has 18 heavy (non-hydrogen) atoms. The Morgan fingerprint density at radius 1 is 1.44 bits per heavy atom. The first-order valence-electron chi connectivity index (χ1n) is 5.56. The van der Waals surface area contributed by atoms with E-state index in [1.54, 1.807) is 31.4 Å². The van der Waals surface area contributed by atoms with Crippen molar-refractivity contribution in [3.8, 4) is 0 Å². The van der Waals surface area contributed by atoms with Gasteiger partial charge in [-0.25, -0.2) is 4.79 Å². The molecule has 0 radical (unpaired) electrons. The van der Waals surface area contributed by atoms with E-state index in [4.69, 9.17) is 9.15 Å². The second kappa shape index (κ2) is 5.50. The van der Waals surface area contributed by atoms with E-state index in [1.807, 2.05) is 0 Å². The molecule has 1 heterocycles. The van der Waals surface area contributed by atoms with Crippen LogP contribution in [0.25, 0.3) is 11.1 Å². The van der Waals surface area contributed by atoms with Crippen molar-refractivity contribution in [3.05, 3.63) is 34.8 Å². The highest BCUT2D eigenvalue weighted by Crippen LogP contribution is 2.11. The first-order valence-corrected chi connectivity index (χ1v) is 5.56. The lowest BCUT2D eigenvalue weighted by Gasteiger charge is -2.04. The van der Waals surface area contributed by atoms with Crippen LogP contribution in [0.1, 0.15) is 0 Å². The van der Waals surface area contributed by atoms with Gasteiger partial charge in [-0.15, -0.1) is 0 Å². The molecule has 0 aliphatic rings. The first kappa shape index (κ1) is 12.4. The van der Waals surface area contributed by atoms with Crippen molar-refractivity contribution in [1.82, 2.24) is 9.88 Å². The minimum Gasteiger partial charge on any atom is -0.408 e. The van der Waals surface area contributed by atoms with Gasteiger partial charge in [0.05, 0.1) is 12.1 Å². The topological polar surface area (TPSA) is 73.5 Å². The van der Waals surface area contributed by atoms with E-state index in [2.05, 4.69) is 5.32 Å². The van der Waals surface area contributed by atoms with Gasteiger partial charge in [0.15, 0.2) is 5.58 Å². The minimum absolute atomic E-state index is 0.0560. The summed E-state index contributed by atoms with van der Waals surface area (Å²) in [4.78, 5) is 23.2. The molecule has 2 rings (SSSR count). The van der Waals surface area contributed by atoms with Crippen LogP contribution in [0.3, 0.4) is 0 Å². The Morgan fingerprint density at radius 3 is 3.00 bits per heavy atom. The van der Waals surface area contributed by atoms with Crippen molar-refractivity contribution in [2.24, 2.45) is 0 Å². The van der Waals surface area contributed by atoms with Crippen LogP contribution in [-0.2, 0) is 16.1 Å². The third-order valence-corrected chi connectivity index (χ3v) is 2.50. The molecule has 0 aliphatic heterocycles. The number of ether oxygens (including phenoxy) is 1. The smallest absolute Gasteiger partial charge is 0.408 e. The van der Waals surface area contributed by atoms with Gasteiger partial charge in [0, 0.05) is 13.7 Å². The standard InChI is InChI=1S/C12H14N2O4/c1-17-7-6-13-11(15)8-14-9-4-2-3-5-10(9)18-12(14)16/h2-5H,6-8H2,1H3,(H,13,15). The van der Waals surface area contributed by atoms with Gasteiger partial charge in [0.25, 0.3) is 0 Å². The molecule has 0 fully saturated rings. The van der Waals surface area contributed by atoms with Crippen LogP contribution >= 0.6 is 0 Å². The summed E-state index contributed by atoms with van der Waals surface area (Å²) in [7, 11) is 1.56. The molecule has 0 unspecified atom stereocenters. The van der Waals surface area contributed by atoms with Gasteiger partial charge in [0.2, 0.25) is 5.91 Å². The molecule has 6 heteroatoms. The van der Waals surface area contributed by atoms with E-state index in [0.717, 1.165) is 0 Å². The Hall–Kier alpha value is -2.08. The fourth-order valence-electron chi connectivity index (χ4n) is 1.66. The summed E-state index contributed by atoms with van der Waals surface area (Å²) in [6, 6.07) is 6.99. The summed E-state index contributed by atoms with van der Waals surface area (Å²) in [5, 5.41) is 2.65. The number of hydrogen-bond donors (Lipinski definition) is 1. The number of nitrogens with zero attached hydrogens (tertiary/aromatic N) is 1. The van der Waals surface area contributed by atoms with Crippen molar-refractivity contribution in [2.45, 2.75) is 6.54 Å². The predicted octanol–water partition coefficient (Wildman–Crippen LogP) is 0.357. The van der Waals surface area contributed by atoms with Gasteiger partial charge in [-0.2, -0.15) is 0 Å². The molecule has 96 valence electrons. The summed E-state index contributed by atoms with van der Waals surface area (Å²) in [6.45, 7) is 0.798. The van der Waals surface area contributed by atoms with Crippen LogP contribution in [0, 0.1) is 0 Å². The lowest BCUT2D eigenvalue weighted by atomic mass is 10.3. The summed E-state index contributed by atoms with van der Waals surface area (Å²) >= 11 is 0. The van der Waals surface area contributed by atoms with E-state index in [9.17, 15) is 9.59 Å². The third kappa shape index (κ3) is 2.60. The Kier molecular flexibility index (Phi) is 3.78. The van der Waals surface area contributed by atoms with Gasteiger partial charge < -0.3 is 14.5 Å². The van der Waals surface area contributed by atoms with E-state index < -0.39 is 5.76 Å². The van der Waals surface area contributed by atoms with E-state index in [0.29, 0.717) is 24.3 Å². The van der Waals surface area contributed by atoms with Crippen molar-refractivity contribution < 1.29 is 13.9 Å². The summed E-state index contributed by atoms with van der Waals surface area (Å²) in [6.07, 6.45) is 0. The number of hydrogen-bond acceptors (Lipinski definition) is 4. The van der Waals surface area contributed by atoms with E-state index >= 15 is 0 Å². The monoisotopic (exact) mass is 250 g/mol. The average molecular weight is 250 g/mol. The maximum Gasteiger partial charge on any atom is 0.420 e. The highest BCUT2D eigenvalue weighted by atomic mass is 16.5. The van der Waals surface area contributed by atoms with E-state index in [1.165, 1.54) is 4.57 Å². The minimum atomic E-state index is -0.530. The number of fused-ring (bicyclic) bond motifs is 1. The van der Waals surface area contributed by atoms with Gasteiger partial charge in [0.1, 0.15) is 6.54 Å². The normalized spacial score (nSPS) is 10.7. The number of benzene rings is 1. The molecule has 0 saturated carbocycles. The summed E-state index contributed by atoms with van der Waals surface area (Å²) in [5.41, 5.74) is 1.09. The SMILES string of the molecule is COCCNC(=O)Cn1c(=O)oc2ccccc21. The van der Waals surface area contributed by atoms with Crippen molar-refractivity contribution in [1.29, 1.82) is 0 Å². The number of para-hydroxylation sites is 2. The summed E-state index contributed by atoms with van der Waals surface area (Å²) < 4.78 is 11.2. The van der Waals surface area contributed by atoms with Crippen molar-refractivity contribution in [2.75, 3.05) is 20.3 Å². The number of amides is 1. The number of aromatic nitrogens is 1. The maximum atomic E-state index is 11.6. The Labute approximate surface area is 103 Å². The quantitative estimate of drug-likeness (QED) is 0.777. The second-order valence-corrected chi connectivity index (χ2v) is 3.76. The zero-order valence-electron chi connectivity index (χ0n) is 10.0. The Balaban J connectivity index is 2.14. The van der Waals surface area contributed by atoms with Crippen LogP contribution < -0.4 is 11.1 Å². The lowest BCUT2D eigenvalue weighted by molar-refractivity contribution is -0.121. The molecular weight excluding hydrogens is 236 g/mol. The molecule has 0 saturated heterocycles. The predicted molar refractivity (Wildman–Crippen MR) is 65.4 cm³/mol. The fraction of sp³-hybridized carbons (Fsp3) is 0.333. The molecular formula is C12H14N2O4. The molecule has 0 bridgehead atoms. The first-order chi connectivity index (χ1) is 8.72. The number of carbonyl (C=O) groups is 1. The molecule has 1 N–H and O–H groups in total. The van der Waals surface area contributed by atoms with Gasteiger partial charge >= 0.3 is 5.76 Å². The lowest BCUT2D eigenvalue weighted by Crippen LogP contribution is -2.32. The van der Waals surface area contributed by atoms with Gasteiger partial charge in [-0.1, -0.05) is 12.1 Å². The molecule has 1 amide bonds. The average Bonchev–Trinajstić information content (AvgIpc) is 2.67. The van der Waals surface area contributed by atoms with E-state index in [-0.39, 0.29) is 12.5 Å². The zero-order chi connectivity index (χ0) is 13.0. The highest BCUT2D eigenvalue weighted by Gasteiger charge is 2.11. The molecule has 6 nitrogen and oxygen atoms in total. The number of rotatable bonds is 5. The number of oxazole rings is 1. The summed E-state index contributed by atoms with van der Waals surface area (Å²) in [5.74, 6) is -0.779. The largest absolute Gasteiger partial charge is 0.420 e. The molecule has 1 aromatic carbocycles. The fourth-order valence-corrected chi connectivity index (χ4v) is 1.66. The van der Waals surface area contributed by atoms with Crippen molar-refractivity contribution >= 4 is 17.0 Å². The van der Waals surface area contributed by atoms with Gasteiger partial charge in [-0.3, -0.25) is 9.36 Å². The number of nitrogens with one attached hydrogen (secondary N) is 1. The Bertz CT molecular complexity index is 599. The van der Waals surface area contributed by atoms with Crippen molar-refractivity contribution in [3.63, 3.8) is 0 Å². The maximum absolute atomic E-state index is 11.6. The third-order valence-electron chi connectivity index (χ3n) is 2.50. The zero-order valence-corrected chi connectivity index (χ0v) is 10.0. The van der Waals surface area contributed by atoms with Crippen LogP contribution in [0.5, 0.6) is 0 Å². The van der Waals surface area contributed by atoms with Crippen LogP contribution in [0.15, 0.2) is 33.5 Å². The Morgan fingerprint density at radius 2 is 2.22 bits per heavy atom. The number of carbonyl (C=O) groups excluding carboxylic acids is 1. The molecule has 1 aromatic heterocycles. The molecule has 0 spiro atoms. The van der Waals surface area contributed by atoms with Crippen LogP contribution in [-0.4, -0.2) is 30.7 Å². The second-order valence-electron chi connectivity index (χ2n) is 3.76. The number of methoxy groups -OCH3 is 1. The van der Waals surface area contributed by atoms with Gasteiger partial charge in [-0.05, 0) is 12.1 Å². The molecule has 0 aliphatic carbocycles. The van der Waals surface area contributed by atoms with Crippen LogP contribution in [0.4, 0.5) is 0 Å². The highest BCUT2D eigenvalue weighted by molar-refractivity contribution is 5.79. The van der Waals surface area contributed by atoms with Crippen LogP contribution in [0.2, 0.25) is 0 Å².